The summed E-state index contributed by atoms with van der Waals surface area (Å²) in [4.78, 5) is 26.0. The van der Waals surface area contributed by atoms with Gasteiger partial charge in [-0.2, -0.15) is 0 Å². The van der Waals surface area contributed by atoms with E-state index < -0.39 is 31.6 Å². The first-order chi connectivity index (χ1) is 16.5. The van der Waals surface area contributed by atoms with E-state index in [4.69, 9.17) is 22.4 Å². The molecule has 3 aromatic carbocycles. The normalized spacial score (nSPS) is 27.9. The van der Waals surface area contributed by atoms with Gasteiger partial charge in [-0.05, 0) is 0 Å². The number of cyclic esters (lactones) is 2. The number of hydrogen-bond acceptors (Lipinski definition) is 7. The Labute approximate surface area is 195 Å². The Morgan fingerprint density at radius 3 is 1.74 bits per heavy atom. The van der Waals surface area contributed by atoms with Crippen molar-refractivity contribution in [3.8, 4) is 23.0 Å². The molecule has 0 bridgehead atoms. The minimum absolute atomic E-state index is 0.148. The van der Waals surface area contributed by atoms with Crippen LogP contribution in [0.3, 0.4) is 0 Å². The molecule has 2 unspecified atom stereocenters. The molecule has 34 heavy (non-hydrogen) atoms. The van der Waals surface area contributed by atoms with Gasteiger partial charge in [0.1, 0.15) is 0 Å². The quantitative estimate of drug-likeness (QED) is 0.315. The van der Waals surface area contributed by atoms with E-state index in [0.29, 0.717) is 28.2 Å². The molecule has 7 nitrogen and oxygen atoms in total. The van der Waals surface area contributed by atoms with Gasteiger partial charge < -0.3 is 0 Å². The Balaban J connectivity index is 1.40. The number of carbonyl (C=O) groups excluding carboxylic acids is 2. The Hall–Kier alpha value is -4.04. The zero-order valence-electron chi connectivity index (χ0n) is 17.9. The van der Waals surface area contributed by atoms with Crippen molar-refractivity contribution in [3.05, 3.63) is 95.7 Å². The number of esters is 2. The fraction of sp³-hybridized carbons (Fsp3) is 0.154. The first-order valence-electron chi connectivity index (χ1n) is 11.2. The van der Waals surface area contributed by atoms with E-state index in [1.165, 1.54) is 0 Å². The van der Waals surface area contributed by atoms with Gasteiger partial charge in [-0.15, -0.1) is 0 Å². The molecule has 1 fully saturated rings. The molecule has 0 N–H and O–H groups in total. The Morgan fingerprint density at radius 1 is 0.706 bits per heavy atom. The van der Waals surface area contributed by atoms with E-state index >= 15 is 0 Å². The average molecular weight is 472 g/mol. The zero-order chi connectivity index (χ0) is 23.0. The first kappa shape index (κ1) is 19.4. The molecule has 7 rings (SSSR count). The zero-order valence-corrected chi connectivity index (χ0v) is 18.9. The standard InChI is InChI=1S/C26H19O7Si/c27-24-19-16-18(14-15-26(19,25(28)29-24)17-8-2-1-3-9-17)34(30-20-10-4-5-11-21(20)31-34)32-22-12-6-7-13-23(22)33-34/h1-14,19H,15-16H2/q-1. The van der Waals surface area contributed by atoms with Crippen LogP contribution in [0.25, 0.3) is 0 Å². The van der Waals surface area contributed by atoms with Crippen LogP contribution in [0.5, 0.6) is 23.0 Å². The molecule has 0 aromatic heterocycles. The molecule has 170 valence electrons. The summed E-state index contributed by atoms with van der Waals surface area (Å²) in [6.45, 7) is 0. The second-order valence-electron chi connectivity index (χ2n) is 8.95. The predicted octanol–water partition coefficient (Wildman–Crippen LogP) is 4.22. The van der Waals surface area contributed by atoms with Gasteiger partial charge in [-0.1, -0.05) is 0 Å². The number of carbonyl (C=O) groups is 2. The number of rotatable bonds is 2. The molecule has 3 aliphatic heterocycles. The van der Waals surface area contributed by atoms with Crippen molar-refractivity contribution in [2.45, 2.75) is 18.3 Å². The molecule has 4 aliphatic rings. The van der Waals surface area contributed by atoms with E-state index in [0.717, 1.165) is 5.56 Å². The topological polar surface area (TPSA) is 80.3 Å². The van der Waals surface area contributed by atoms with Crippen molar-refractivity contribution in [2.75, 3.05) is 0 Å². The third-order valence-electron chi connectivity index (χ3n) is 7.19. The van der Waals surface area contributed by atoms with E-state index in [9.17, 15) is 9.59 Å². The second-order valence-corrected chi connectivity index (χ2v) is 12.2. The molecular weight excluding hydrogens is 452 g/mol. The van der Waals surface area contributed by atoms with E-state index in [1.54, 1.807) is 24.3 Å². The Morgan fingerprint density at radius 2 is 1.21 bits per heavy atom. The summed E-state index contributed by atoms with van der Waals surface area (Å²) >= 11 is 0. The second kappa shape index (κ2) is 6.30. The summed E-state index contributed by atoms with van der Waals surface area (Å²) in [6.07, 6.45) is 2.27. The average Bonchev–Trinajstić information content (AvgIpc) is 3.47. The number of fused-ring (bicyclic) bond motifs is 3. The summed E-state index contributed by atoms with van der Waals surface area (Å²) < 4.78 is 31.2. The third kappa shape index (κ3) is 2.30. The van der Waals surface area contributed by atoms with Crippen molar-refractivity contribution >= 4 is 20.3 Å². The van der Waals surface area contributed by atoms with Crippen LogP contribution in [0, 0.1) is 5.92 Å². The summed E-state index contributed by atoms with van der Waals surface area (Å²) in [5.41, 5.74) is -0.359. The van der Waals surface area contributed by atoms with Crippen LogP contribution in [-0.4, -0.2) is 20.3 Å². The van der Waals surface area contributed by atoms with E-state index in [-0.39, 0.29) is 12.8 Å². The van der Waals surface area contributed by atoms with Gasteiger partial charge >= 0.3 is 195 Å². The maximum absolute atomic E-state index is 13.1. The van der Waals surface area contributed by atoms with Gasteiger partial charge in [-0.3, -0.25) is 0 Å². The van der Waals surface area contributed by atoms with Crippen LogP contribution in [-0.2, 0) is 19.7 Å². The van der Waals surface area contributed by atoms with Crippen molar-refractivity contribution in [1.82, 2.24) is 0 Å². The van der Waals surface area contributed by atoms with Gasteiger partial charge in [0.05, 0.1) is 0 Å². The fourth-order valence-electron chi connectivity index (χ4n) is 5.56. The molecule has 1 spiro atoms. The molecule has 1 saturated heterocycles. The minimum atomic E-state index is -4.77. The van der Waals surface area contributed by atoms with Crippen LogP contribution in [0.2, 0.25) is 0 Å². The summed E-state index contributed by atoms with van der Waals surface area (Å²) in [7, 11) is -4.77. The van der Waals surface area contributed by atoms with E-state index in [1.807, 2.05) is 60.7 Å². The third-order valence-corrected chi connectivity index (χ3v) is 10.9. The SMILES string of the molecule is O=C1OC(=O)C2(c3ccccc3)CC=C([Si-]34(Oc5ccccc5O3)Oc3ccccc3O4)CC12. The summed E-state index contributed by atoms with van der Waals surface area (Å²) in [5, 5.41) is 0.607. The molecule has 0 radical (unpaired) electrons. The molecule has 8 heteroatoms. The number of ether oxygens (including phenoxy) is 1. The van der Waals surface area contributed by atoms with Crippen molar-refractivity contribution in [1.29, 1.82) is 0 Å². The molecule has 0 amide bonds. The molecule has 1 aliphatic carbocycles. The maximum atomic E-state index is 13.1. The number of hydrogen-bond donors (Lipinski definition) is 0. The number of allylic oxidation sites excluding steroid dienone is 2. The van der Waals surface area contributed by atoms with Crippen molar-refractivity contribution in [3.63, 3.8) is 0 Å². The first-order valence-corrected chi connectivity index (χ1v) is 13.3. The van der Waals surface area contributed by atoms with Gasteiger partial charge in [0.2, 0.25) is 0 Å². The van der Waals surface area contributed by atoms with Crippen molar-refractivity contribution in [2.24, 2.45) is 5.92 Å². The summed E-state index contributed by atoms with van der Waals surface area (Å²) in [5.74, 6) is 0.185. The molecule has 3 heterocycles. The van der Waals surface area contributed by atoms with Crippen LogP contribution < -0.4 is 17.7 Å². The summed E-state index contributed by atoms with van der Waals surface area (Å²) in [6, 6.07) is 23.8. The van der Waals surface area contributed by atoms with Crippen LogP contribution in [0.1, 0.15) is 18.4 Å². The Kier molecular flexibility index (Phi) is 3.60. The molecule has 0 saturated carbocycles. The Bertz CT molecular complexity index is 1300. The van der Waals surface area contributed by atoms with Crippen LogP contribution >= 0.6 is 0 Å². The van der Waals surface area contributed by atoms with Gasteiger partial charge in [0.25, 0.3) is 0 Å². The van der Waals surface area contributed by atoms with Gasteiger partial charge in [0, 0.05) is 0 Å². The predicted molar refractivity (Wildman–Crippen MR) is 121 cm³/mol. The molecule has 3 aromatic rings. The van der Waals surface area contributed by atoms with Gasteiger partial charge in [-0.25, -0.2) is 0 Å². The van der Waals surface area contributed by atoms with Crippen LogP contribution in [0.4, 0.5) is 0 Å². The molecule has 2 atom stereocenters. The fourth-order valence-corrected chi connectivity index (χ4v) is 9.50. The monoisotopic (exact) mass is 471 g/mol. The van der Waals surface area contributed by atoms with Crippen LogP contribution in [0.15, 0.2) is 90.1 Å². The number of benzene rings is 3. The van der Waals surface area contributed by atoms with E-state index in [2.05, 4.69) is 0 Å². The van der Waals surface area contributed by atoms with Crippen molar-refractivity contribution < 1.29 is 32.0 Å². The number of para-hydroxylation sites is 4. The van der Waals surface area contributed by atoms with Gasteiger partial charge in [0.15, 0.2) is 0 Å². The molecular formula is C26H19O7Si-.